The number of anilines is 2. The molecule has 7 nitrogen and oxygen atoms in total. The van der Waals surface area contributed by atoms with Crippen LogP contribution in [0, 0.1) is 13.8 Å². The van der Waals surface area contributed by atoms with Crippen LogP contribution in [-0.2, 0) is 17.8 Å². The summed E-state index contributed by atoms with van der Waals surface area (Å²) in [5, 5.41) is 2.99. The average molecular weight is 389 g/mol. The second kappa shape index (κ2) is 7.68. The summed E-state index contributed by atoms with van der Waals surface area (Å²) < 4.78 is 0. The van der Waals surface area contributed by atoms with Crippen molar-refractivity contribution in [2.24, 2.45) is 0 Å². The Labute approximate surface area is 164 Å². The molecule has 1 aliphatic rings. The molecule has 0 fully saturated rings. The molecular weight excluding hydrogens is 364 g/mol. The van der Waals surface area contributed by atoms with E-state index in [9.17, 15) is 4.79 Å². The number of hydrogen-bond acceptors (Lipinski definition) is 6. The first-order valence-corrected chi connectivity index (χ1v) is 9.45. The first-order chi connectivity index (χ1) is 12.8. The standard InChI is InChI=1S/C19H25ClN6O/c1-5-13-10(2)7-23-14(11(13)3)9-26-8-12(6-15(27)22-4)16-17(20)24-19(21)25-18(16)26/h7,12H,5-6,8-9H2,1-4H3,(H,22,27)(H2,21,24,25)/t12-/m0/s1. The number of carbonyl (C=O) groups is 1. The van der Waals surface area contributed by atoms with Crippen LogP contribution in [-0.4, -0.2) is 34.5 Å². The highest BCUT2D eigenvalue weighted by atomic mass is 35.5. The first kappa shape index (κ1) is 19.4. The lowest BCUT2D eigenvalue weighted by Gasteiger charge is -2.21. The van der Waals surface area contributed by atoms with E-state index >= 15 is 0 Å². The van der Waals surface area contributed by atoms with Crippen LogP contribution in [0.5, 0.6) is 0 Å². The molecule has 0 radical (unpaired) electrons. The normalized spacial score (nSPS) is 15.7. The Morgan fingerprint density at radius 3 is 2.81 bits per heavy atom. The van der Waals surface area contributed by atoms with Crippen molar-refractivity contribution >= 4 is 29.3 Å². The minimum atomic E-state index is -0.0792. The Kier molecular flexibility index (Phi) is 5.51. The van der Waals surface area contributed by atoms with Gasteiger partial charge in [-0.1, -0.05) is 18.5 Å². The highest BCUT2D eigenvalue weighted by molar-refractivity contribution is 6.30. The molecule has 2 aromatic rings. The number of rotatable bonds is 5. The molecule has 0 spiro atoms. The Morgan fingerprint density at radius 1 is 1.41 bits per heavy atom. The first-order valence-electron chi connectivity index (χ1n) is 9.08. The van der Waals surface area contributed by atoms with E-state index in [2.05, 4.69) is 45.9 Å². The topological polar surface area (TPSA) is 97.0 Å². The van der Waals surface area contributed by atoms with E-state index in [1.807, 2.05) is 6.20 Å². The molecule has 3 rings (SSSR count). The van der Waals surface area contributed by atoms with Gasteiger partial charge in [0.05, 0.1) is 12.2 Å². The van der Waals surface area contributed by atoms with Gasteiger partial charge in [-0.3, -0.25) is 9.78 Å². The third-order valence-corrected chi connectivity index (χ3v) is 5.51. The number of fused-ring (bicyclic) bond motifs is 1. The van der Waals surface area contributed by atoms with Crippen LogP contribution in [0.3, 0.4) is 0 Å². The zero-order valence-corrected chi connectivity index (χ0v) is 16.9. The van der Waals surface area contributed by atoms with E-state index in [0.717, 1.165) is 17.7 Å². The number of nitrogens with zero attached hydrogens (tertiary/aromatic N) is 4. The van der Waals surface area contributed by atoms with Crippen molar-refractivity contribution in [1.82, 2.24) is 20.3 Å². The number of halogens is 1. The lowest BCUT2D eigenvalue weighted by molar-refractivity contribution is -0.120. The van der Waals surface area contributed by atoms with E-state index < -0.39 is 0 Å². The molecule has 144 valence electrons. The minimum absolute atomic E-state index is 0.0430. The predicted octanol–water partition coefficient (Wildman–Crippen LogP) is 2.53. The number of aromatic nitrogens is 3. The highest BCUT2D eigenvalue weighted by Gasteiger charge is 2.35. The van der Waals surface area contributed by atoms with E-state index in [4.69, 9.17) is 17.3 Å². The molecular formula is C19H25ClN6O. The lowest BCUT2D eigenvalue weighted by atomic mass is 10.00. The van der Waals surface area contributed by atoms with Crippen molar-refractivity contribution in [3.8, 4) is 0 Å². The summed E-state index contributed by atoms with van der Waals surface area (Å²) >= 11 is 6.36. The van der Waals surface area contributed by atoms with Crippen molar-refractivity contribution < 1.29 is 4.79 Å². The summed E-state index contributed by atoms with van der Waals surface area (Å²) in [6.45, 7) is 7.55. The van der Waals surface area contributed by atoms with Crippen molar-refractivity contribution in [3.63, 3.8) is 0 Å². The number of aryl methyl sites for hydroxylation is 1. The molecule has 0 aliphatic carbocycles. The molecule has 27 heavy (non-hydrogen) atoms. The van der Waals surface area contributed by atoms with Crippen molar-refractivity contribution in [1.29, 1.82) is 0 Å². The van der Waals surface area contributed by atoms with Crippen LogP contribution in [0.25, 0.3) is 0 Å². The number of nitrogen functional groups attached to an aromatic ring is 1. The smallest absolute Gasteiger partial charge is 0.223 e. The maximum Gasteiger partial charge on any atom is 0.223 e. The van der Waals surface area contributed by atoms with E-state index in [0.29, 0.717) is 30.5 Å². The number of pyridine rings is 1. The second-order valence-electron chi connectivity index (χ2n) is 6.91. The van der Waals surface area contributed by atoms with Crippen molar-refractivity contribution in [2.75, 3.05) is 24.2 Å². The van der Waals surface area contributed by atoms with Gasteiger partial charge in [-0.25, -0.2) is 4.98 Å². The van der Waals surface area contributed by atoms with Crippen LogP contribution in [0.2, 0.25) is 5.15 Å². The number of hydrogen-bond donors (Lipinski definition) is 2. The molecule has 0 aromatic carbocycles. The average Bonchev–Trinajstić information content (AvgIpc) is 2.95. The Hall–Kier alpha value is -2.41. The van der Waals surface area contributed by atoms with Crippen LogP contribution in [0.4, 0.5) is 11.8 Å². The predicted molar refractivity (Wildman–Crippen MR) is 107 cm³/mol. The van der Waals surface area contributed by atoms with Gasteiger partial charge in [-0.05, 0) is 37.0 Å². The van der Waals surface area contributed by atoms with Crippen molar-refractivity contribution in [3.05, 3.63) is 39.3 Å². The molecule has 0 bridgehead atoms. The molecule has 3 N–H and O–H groups in total. The summed E-state index contributed by atoms with van der Waals surface area (Å²) in [5.74, 6) is 0.705. The van der Waals surface area contributed by atoms with E-state index in [1.54, 1.807) is 7.05 Å². The fourth-order valence-corrected chi connectivity index (χ4v) is 4.14. The van der Waals surface area contributed by atoms with Gasteiger partial charge in [0, 0.05) is 37.7 Å². The van der Waals surface area contributed by atoms with Gasteiger partial charge in [0.1, 0.15) is 11.0 Å². The van der Waals surface area contributed by atoms with E-state index in [-0.39, 0.29) is 17.8 Å². The fraction of sp³-hybridized carbons (Fsp3) is 0.474. The molecule has 0 saturated heterocycles. The van der Waals surface area contributed by atoms with Crippen LogP contribution in [0.15, 0.2) is 6.20 Å². The zero-order chi connectivity index (χ0) is 19.7. The Morgan fingerprint density at radius 2 is 2.15 bits per heavy atom. The summed E-state index contributed by atoms with van der Waals surface area (Å²) in [6, 6.07) is 0. The Balaban J connectivity index is 1.97. The summed E-state index contributed by atoms with van der Waals surface area (Å²) in [4.78, 5) is 27.2. The van der Waals surface area contributed by atoms with Gasteiger partial charge in [-0.2, -0.15) is 4.98 Å². The van der Waals surface area contributed by atoms with Crippen molar-refractivity contribution in [2.45, 2.75) is 46.1 Å². The minimum Gasteiger partial charge on any atom is -0.368 e. The van der Waals surface area contributed by atoms with E-state index in [1.165, 1.54) is 16.7 Å². The molecule has 0 unspecified atom stereocenters. The Bertz CT molecular complexity index is 885. The monoisotopic (exact) mass is 388 g/mol. The maximum absolute atomic E-state index is 11.9. The third-order valence-electron chi connectivity index (χ3n) is 5.23. The van der Waals surface area contributed by atoms with Gasteiger partial charge in [0.2, 0.25) is 11.9 Å². The molecule has 3 heterocycles. The van der Waals surface area contributed by atoms with Gasteiger partial charge in [0.15, 0.2) is 0 Å². The van der Waals surface area contributed by atoms with Gasteiger partial charge in [0.25, 0.3) is 0 Å². The quantitative estimate of drug-likeness (QED) is 0.764. The number of nitrogens with one attached hydrogen (secondary N) is 1. The molecule has 1 aliphatic heterocycles. The summed E-state index contributed by atoms with van der Waals surface area (Å²) in [6.07, 6.45) is 3.21. The molecule has 1 atom stereocenters. The summed E-state index contributed by atoms with van der Waals surface area (Å²) in [5.41, 5.74) is 11.3. The van der Waals surface area contributed by atoms with Gasteiger partial charge < -0.3 is 16.0 Å². The maximum atomic E-state index is 11.9. The molecule has 0 saturated carbocycles. The fourth-order valence-electron chi connectivity index (χ4n) is 3.82. The number of carbonyl (C=O) groups excluding carboxylic acids is 1. The third kappa shape index (κ3) is 3.69. The van der Waals surface area contributed by atoms with Crippen LogP contribution < -0.4 is 16.0 Å². The number of nitrogens with two attached hydrogens (primary N) is 1. The van der Waals surface area contributed by atoms with Crippen LogP contribution >= 0.6 is 11.6 Å². The highest BCUT2D eigenvalue weighted by Crippen LogP contribution is 2.41. The zero-order valence-electron chi connectivity index (χ0n) is 16.1. The van der Waals surface area contributed by atoms with Crippen LogP contribution in [0.1, 0.15) is 47.2 Å². The SMILES string of the molecule is CCc1c(C)cnc(CN2C[C@H](CC(=O)NC)c3c(Cl)nc(N)nc32)c1C. The molecule has 8 heteroatoms. The van der Waals surface area contributed by atoms with Gasteiger partial charge >= 0.3 is 0 Å². The van der Waals surface area contributed by atoms with Gasteiger partial charge in [-0.15, -0.1) is 0 Å². The largest absolute Gasteiger partial charge is 0.368 e. The number of amides is 1. The summed E-state index contributed by atoms with van der Waals surface area (Å²) in [7, 11) is 1.63. The lowest BCUT2D eigenvalue weighted by Crippen LogP contribution is -2.26. The molecule has 2 aromatic heterocycles. The molecule has 1 amide bonds. The second-order valence-corrected chi connectivity index (χ2v) is 7.27.